The van der Waals surface area contributed by atoms with E-state index in [1.807, 2.05) is 27.7 Å². The van der Waals surface area contributed by atoms with Gasteiger partial charge in [-0.05, 0) is 44.0 Å². The smallest absolute Gasteiger partial charge is 0.317 e. The van der Waals surface area contributed by atoms with Gasteiger partial charge in [-0.15, -0.1) is 0 Å². The van der Waals surface area contributed by atoms with E-state index in [1.54, 1.807) is 12.1 Å². The predicted octanol–water partition coefficient (Wildman–Crippen LogP) is 2.98. The number of phenols is 1. The summed E-state index contributed by atoms with van der Waals surface area (Å²) in [6.07, 6.45) is 0. The van der Waals surface area contributed by atoms with Gasteiger partial charge in [0.15, 0.2) is 0 Å². The zero-order valence-corrected chi connectivity index (χ0v) is 10.2. The van der Waals surface area contributed by atoms with Crippen molar-refractivity contribution in [2.75, 3.05) is 0 Å². The van der Waals surface area contributed by atoms with Gasteiger partial charge in [0.2, 0.25) is 0 Å². The second kappa shape index (κ2) is 4.56. The normalized spacial score (nSPS) is 11.6. The minimum atomic E-state index is -0.516. The van der Waals surface area contributed by atoms with Crippen LogP contribution in [-0.4, -0.2) is 11.1 Å². The Hall–Kier alpha value is -1.51. The molecule has 0 aliphatic carbocycles. The molecule has 1 rings (SSSR count). The van der Waals surface area contributed by atoms with Crippen LogP contribution in [0.2, 0.25) is 0 Å². The molecule has 0 bridgehead atoms. The van der Waals surface area contributed by atoms with Crippen LogP contribution in [0.4, 0.5) is 0 Å². The van der Waals surface area contributed by atoms with E-state index < -0.39 is 5.41 Å². The Morgan fingerprint density at radius 1 is 1.25 bits per heavy atom. The van der Waals surface area contributed by atoms with Crippen LogP contribution >= 0.6 is 0 Å². The molecule has 0 radical (unpaired) electrons. The number of esters is 1. The maximum absolute atomic E-state index is 11.9. The third-order valence-electron chi connectivity index (χ3n) is 3.02. The minimum absolute atomic E-state index is 0.155. The van der Waals surface area contributed by atoms with Gasteiger partial charge in [0, 0.05) is 0 Å². The summed E-state index contributed by atoms with van der Waals surface area (Å²) in [7, 11) is 0. The molecule has 3 nitrogen and oxygen atoms in total. The van der Waals surface area contributed by atoms with Crippen LogP contribution in [0, 0.1) is 11.3 Å². The molecule has 1 aromatic rings. The molecule has 0 aliphatic heterocycles. The lowest BCUT2D eigenvalue weighted by Crippen LogP contribution is -2.33. The first-order valence-electron chi connectivity index (χ1n) is 5.35. The van der Waals surface area contributed by atoms with Gasteiger partial charge in [0.1, 0.15) is 11.5 Å². The number of ether oxygens (including phenoxy) is 1. The Morgan fingerprint density at radius 2 is 1.75 bits per heavy atom. The summed E-state index contributed by atoms with van der Waals surface area (Å²) in [4.78, 5) is 11.9. The first-order valence-corrected chi connectivity index (χ1v) is 5.35. The Bertz CT molecular complexity index is 363. The van der Waals surface area contributed by atoms with Crippen molar-refractivity contribution >= 4 is 5.97 Å². The fraction of sp³-hybridized carbons (Fsp3) is 0.462. The lowest BCUT2D eigenvalue weighted by atomic mass is 9.81. The van der Waals surface area contributed by atoms with Gasteiger partial charge in [-0.1, -0.05) is 13.8 Å². The highest BCUT2D eigenvalue weighted by molar-refractivity contribution is 5.78. The Balaban J connectivity index is 2.75. The van der Waals surface area contributed by atoms with Crippen LogP contribution in [0.25, 0.3) is 0 Å². The molecule has 0 heterocycles. The van der Waals surface area contributed by atoms with Gasteiger partial charge >= 0.3 is 5.97 Å². The van der Waals surface area contributed by atoms with Crippen molar-refractivity contribution in [1.29, 1.82) is 0 Å². The highest BCUT2D eigenvalue weighted by Gasteiger charge is 2.33. The summed E-state index contributed by atoms with van der Waals surface area (Å²) in [5.41, 5.74) is -0.516. The number of benzene rings is 1. The number of carbonyl (C=O) groups is 1. The molecular formula is C13H18O3. The van der Waals surface area contributed by atoms with Crippen LogP contribution in [-0.2, 0) is 4.79 Å². The van der Waals surface area contributed by atoms with Crippen molar-refractivity contribution in [2.24, 2.45) is 11.3 Å². The lowest BCUT2D eigenvalue weighted by Gasteiger charge is -2.26. The number of rotatable bonds is 3. The predicted molar refractivity (Wildman–Crippen MR) is 62.4 cm³/mol. The topological polar surface area (TPSA) is 46.5 Å². The van der Waals surface area contributed by atoms with Gasteiger partial charge in [-0.25, -0.2) is 0 Å². The number of hydrogen-bond acceptors (Lipinski definition) is 3. The Kier molecular flexibility index (Phi) is 3.58. The molecule has 0 saturated carbocycles. The fourth-order valence-corrected chi connectivity index (χ4v) is 0.988. The van der Waals surface area contributed by atoms with E-state index in [0.29, 0.717) is 5.75 Å². The summed E-state index contributed by atoms with van der Waals surface area (Å²) in [5, 5.41) is 9.10. The molecule has 1 N–H and O–H groups in total. The lowest BCUT2D eigenvalue weighted by molar-refractivity contribution is -0.146. The molecule has 0 atom stereocenters. The monoisotopic (exact) mass is 222 g/mol. The molecule has 88 valence electrons. The highest BCUT2D eigenvalue weighted by Crippen LogP contribution is 2.28. The Morgan fingerprint density at radius 3 is 2.19 bits per heavy atom. The van der Waals surface area contributed by atoms with E-state index in [4.69, 9.17) is 9.84 Å². The molecule has 0 saturated heterocycles. The molecule has 1 aromatic carbocycles. The maximum Gasteiger partial charge on any atom is 0.317 e. The molecule has 0 amide bonds. The van der Waals surface area contributed by atoms with Crippen molar-refractivity contribution < 1.29 is 14.6 Å². The van der Waals surface area contributed by atoms with E-state index in [1.165, 1.54) is 12.1 Å². The van der Waals surface area contributed by atoms with Crippen LogP contribution in [0.3, 0.4) is 0 Å². The molecule has 0 unspecified atom stereocenters. The average molecular weight is 222 g/mol. The molecule has 0 aromatic heterocycles. The molecule has 0 spiro atoms. The molecule has 16 heavy (non-hydrogen) atoms. The van der Waals surface area contributed by atoms with Crippen LogP contribution < -0.4 is 4.74 Å². The summed E-state index contributed by atoms with van der Waals surface area (Å²) in [6.45, 7) is 7.69. The quantitative estimate of drug-likeness (QED) is 0.631. The number of aromatic hydroxyl groups is 1. The van der Waals surface area contributed by atoms with Crippen LogP contribution in [0.5, 0.6) is 11.5 Å². The number of hydrogen-bond donors (Lipinski definition) is 1. The third kappa shape index (κ3) is 2.75. The van der Waals surface area contributed by atoms with Gasteiger partial charge in [-0.2, -0.15) is 0 Å². The molecular weight excluding hydrogens is 204 g/mol. The summed E-state index contributed by atoms with van der Waals surface area (Å²) < 4.78 is 5.25. The molecule has 0 fully saturated rings. The second-order valence-corrected chi connectivity index (χ2v) is 4.76. The first-order chi connectivity index (χ1) is 7.34. The van der Waals surface area contributed by atoms with Crippen molar-refractivity contribution in [2.45, 2.75) is 27.7 Å². The van der Waals surface area contributed by atoms with Crippen molar-refractivity contribution in [3.05, 3.63) is 24.3 Å². The first kappa shape index (κ1) is 12.6. The SMILES string of the molecule is CC(C)C(C)(C)C(=O)Oc1ccc(O)cc1. The van der Waals surface area contributed by atoms with E-state index >= 15 is 0 Å². The van der Waals surface area contributed by atoms with Crippen LogP contribution in [0.1, 0.15) is 27.7 Å². The van der Waals surface area contributed by atoms with Gasteiger partial charge in [0.25, 0.3) is 0 Å². The second-order valence-electron chi connectivity index (χ2n) is 4.76. The summed E-state index contributed by atoms with van der Waals surface area (Å²) >= 11 is 0. The zero-order chi connectivity index (χ0) is 12.3. The average Bonchev–Trinajstić information content (AvgIpc) is 2.21. The van der Waals surface area contributed by atoms with E-state index in [0.717, 1.165) is 0 Å². The maximum atomic E-state index is 11.9. The zero-order valence-electron chi connectivity index (χ0n) is 10.2. The minimum Gasteiger partial charge on any atom is -0.508 e. The van der Waals surface area contributed by atoms with E-state index in [2.05, 4.69) is 0 Å². The number of phenolic OH excluding ortho intramolecular Hbond substituents is 1. The van der Waals surface area contributed by atoms with Crippen LogP contribution in [0.15, 0.2) is 24.3 Å². The summed E-state index contributed by atoms with van der Waals surface area (Å²) in [6, 6.07) is 6.13. The van der Waals surface area contributed by atoms with E-state index in [-0.39, 0.29) is 17.6 Å². The van der Waals surface area contributed by atoms with Crippen molar-refractivity contribution in [3.8, 4) is 11.5 Å². The van der Waals surface area contributed by atoms with E-state index in [9.17, 15) is 4.79 Å². The van der Waals surface area contributed by atoms with Gasteiger partial charge in [0.05, 0.1) is 5.41 Å². The molecule has 3 heteroatoms. The van der Waals surface area contributed by atoms with Gasteiger partial charge < -0.3 is 9.84 Å². The largest absolute Gasteiger partial charge is 0.508 e. The Labute approximate surface area is 96.1 Å². The fourth-order valence-electron chi connectivity index (χ4n) is 0.988. The summed E-state index contributed by atoms with van der Waals surface area (Å²) in [5.74, 6) is 0.560. The number of carbonyl (C=O) groups excluding carboxylic acids is 1. The van der Waals surface area contributed by atoms with Crippen molar-refractivity contribution in [1.82, 2.24) is 0 Å². The van der Waals surface area contributed by atoms with Gasteiger partial charge in [-0.3, -0.25) is 4.79 Å². The third-order valence-corrected chi connectivity index (χ3v) is 3.02. The van der Waals surface area contributed by atoms with Crippen molar-refractivity contribution in [3.63, 3.8) is 0 Å². The molecule has 0 aliphatic rings. The standard InChI is InChI=1S/C13H18O3/c1-9(2)13(3,4)12(15)16-11-7-5-10(14)6-8-11/h5-9,14H,1-4H3. The highest BCUT2D eigenvalue weighted by atomic mass is 16.5.